The minimum absolute atomic E-state index is 0.0624. The number of rotatable bonds is 2. The largest absolute Gasteiger partial charge is 0.306 e. The van der Waals surface area contributed by atoms with Crippen LogP contribution < -0.4 is 4.90 Å². The third-order valence-corrected chi connectivity index (χ3v) is 3.85. The fourth-order valence-electron chi connectivity index (χ4n) is 2.76. The van der Waals surface area contributed by atoms with Crippen molar-refractivity contribution in [1.82, 2.24) is 14.8 Å². The molecule has 2 aromatic heterocycles. The number of para-hydroxylation sites is 1. The van der Waals surface area contributed by atoms with Gasteiger partial charge in [-0.3, -0.25) is 9.78 Å². The van der Waals surface area contributed by atoms with Crippen molar-refractivity contribution in [1.29, 1.82) is 0 Å². The normalized spacial score (nSPS) is 13.2. The fourth-order valence-corrected chi connectivity index (χ4v) is 2.76. The first-order valence-corrected chi connectivity index (χ1v) is 7.19. The summed E-state index contributed by atoms with van der Waals surface area (Å²) in [5.74, 6) is -0.0624. The van der Waals surface area contributed by atoms with Crippen molar-refractivity contribution in [3.63, 3.8) is 0 Å². The second kappa shape index (κ2) is 5.11. The molecule has 5 heteroatoms. The molecule has 3 aromatic rings. The molecule has 5 nitrogen and oxygen atoms in total. The van der Waals surface area contributed by atoms with Crippen LogP contribution in [0.4, 0.5) is 5.69 Å². The number of hydrogen-bond acceptors (Lipinski definition) is 3. The van der Waals surface area contributed by atoms with Gasteiger partial charge in [0.05, 0.1) is 11.9 Å². The Morgan fingerprint density at radius 1 is 1.09 bits per heavy atom. The third kappa shape index (κ3) is 2.07. The molecule has 1 aromatic carbocycles. The Labute approximate surface area is 127 Å². The number of pyridine rings is 1. The number of carbonyl (C=O) groups is 1. The summed E-state index contributed by atoms with van der Waals surface area (Å²) in [4.78, 5) is 18.6. The van der Waals surface area contributed by atoms with Crippen LogP contribution in [-0.2, 0) is 6.42 Å². The van der Waals surface area contributed by atoms with Crippen LogP contribution in [0.25, 0.3) is 5.69 Å². The lowest BCUT2D eigenvalue weighted by molar-refractivity contribution is 0.0984. The van der Waals surface area contributed by atoms with Gasteiger partial charge in [0, 0.05) is 24.6 Å². The molecular formula is C17H14N4O. The van der Waals surface area contributed by atoms with Crippen molar-refractivity contribution in [2.75, 3.05) is 11.4 Å². The maximum atomic E-state index is 12.7. The zero-order chi connectivity index (χ0) is 14.9. The molecule has 3 heterocycles. The molecule has 0 aliphatic carbocycles. The number of anilines is 1. The Morgan fingerprint density at radius 3 is 2.86 bits per heavy atom. The van der Waals surface area contributed by atoms with E-state index in [4.69, 9.17) is 0 Å². The molecule has 1 aliphatic rings. The smallest absolute Gasteiger partial charge is 0.278 e. The fraction of sp³-hybridized carbons (Fsp3) is 0.118. The number of carbonyl (C=O) groups excluding carboxylic acids is 1. The minimum atomic E-state index is -0.0624. The van der Waals surface area contributed by atoms with Gasteiger partial charge in [0.25, 0.3) is 5.91 Å². The molecule has 0 saturated heterocycles. The number of fused-ring (bicyclic) bond motifs is 1. The summed E-state index contributed by atoms with van der Waals surface area (Å²) in [5, 5.41) is 4.38. The Balaban J connectivity index is 1.64. The van der Waals surface area contributed by atoms with Crippen molar-refractivity contribution in [3.05, 3.63) is 72.3 Å². The molecular weight excluding hydrogens is 276 g/mol. The maximum absolute atomic E-state index is 12.7. The molecule has 0 N–H and O–H groups in total. The van der Waals surface area contributed by atoms with Gasteiger partial charge in [-0.05, 0) is 36.2 Å². The number of aromatic nitrogens is 3. The lowest BCUT2D eigenvalue weighted by Crippen LogP contribution is -2.29. The van der Waals surface area contributed by atoms with Gasteiger partial charge in [-0.1, -0.05) is 18.2 Å². The van der Waals surface area contributed by atoms with E-state index < -0.39 is 0 Å². The molecule has 1 amide bonds. The quantitative estimate of drug-likeness (QED) is 0.728. The molecule has 0 spiro atoms. The van der Waals surface area contributed by atoms with Gasteiger partial charge in [-0.15, -0.1) is 0 Å². The summed E-state index contributed by atoms with van der Waals surface area (Å²) in [7, 11) is 0. The molecule has 1 aliphatic heterocycles. The molecule has 0 unspecified atom stereocenters. The summed E-state index contributed by atoms with van der Waals surface area (Å²) in [6, 6.07) is 13.5. The van der Waals surface area contributed by atoms with Gasteiger partial charge in [-0.2, -0.15) is 5.10 Å². The van der Waals surface area contributed by atoms with Gasteiger partial charge in [-0.25, -0.2) is 4.68 Å². The molecule has 108 valence electrons. The average Bonchev–Trinajstić information content (AvgIpc) is 3.22. The average molecular weight is 290 g/mol. The number of hydrogen-bond donors (Lipinski definition) is 0. The van der Waals surface area contributed by atoms with Crippen LogP contribution in [-0.4, -0.2) is 27.2 Å². The van der Waals surface area contributed by atoms with Gasteiger partial charge in [0.1, 0.15) is 0 Å². The molecule has 0 bridgehead atoms. The van der Waals surface area contributed by atoms with Crippen molar-refractivity contribution in [3.8, 4) is 5.69 Å². The van der Waals surface area contributed by atoms with Gasteiger partial charge >= 0.3 is 0 Å². The van der Waals surface area contributed by atoms with Gasteiger partial charge in [0.15, 0.2) is 5.69 Å². The van der Waals surface area contributed by atoms with Crippen LogP contribution in [0.5, 0.6) is 0 Å². The zero-order valence-electron chi connectivity index (χ0n) is 11.9. The molecule has 4 rings (SSSR count). The lowest BCUT2D eigenvalue weighted by Gasteiger charge is -2.15. The second-order valence-electron chi connectivity index (χ2n) is 5.19. The van der Waals surface area contributed by atoms with Crippen LogP contribution in [0.1, 0.15) is 16.1 Å². The van der Waals surface area contributed by atoms with E-state index in [0.717, 1.165) is 17.8 Å². The highest BCUT2D eigenvalue weighted by atomic mass is 16.2. The van der Waals surface area contributed by atoms with Gasteiger partial charge in [0.2, 0.25) is 0 Å². The summed E-state index contributed by atoms with van der Waals surface area (Å²) < 4.78 is 1.67. The number of amides is 1. The molecule has 0 fully saturated rings. The van der Waals surface area contributed by atoms with Gasteiger partial charge < -0.3 is 4.90 Å². The van der Waals surface area contributed by atoms with E-state index in [-0.39, 0.29) is 5.91 Å². The Kier molecular flexibility index (Phi) is 2.96. The lowest BCUT2D eigenvalue weighted by atomic mass is 10.2. The maximum Gasteiger partial charge on any atom is 0.278 e. The van der Waals surface area contributed by atoms with E-state index >= 15 is 0 Å². The van der Waals surface area contributed by atoms with Crippen molar-refractivity contribution >= 4 is 11.6 Å². The van der Waals surface area contributed by atoms with Crippen molar-refractivity contribution < 1.29 is 4.79 Å². The SMILES string of the molecule is O=C(c1ccn(-c2cccnc2)n1)N1CCc2ccccc21. The Morgan fingerprint density at radius 2 is 2.00 bits per heavy atom. The predicted molar refractivity (Wildman–Crippen MR) is 83.2 cm³/mol. The summed E-state index contributed by atoms with van der Waals surface area (Å²) in [6.45, 7) is 0.706. The van der Waals surface area contributed by atoms with Crippen molar-refractivity contribution in [2.45, 2.75) is 6.42 Å². The Bertz CT molecular complexity index is 825. The first-order valence-electron chi connectivity index (χ1n) is 7.19. The van der Waals surface area contributed by atoms with Crippen LogP contribution >= 0.6 is 0 Å². The Hall–Kier alpha value is -2.95. The number of benzene rings is 1. The standard InChI is InChI=1S/C17H14N4O/c22-17(20-10-7-13-4-1-2-6-16(13)20)15-8-11-21(19-15)14-5-3-9-18-12-14/h1-6,8-9,11-12H,7,10H2. The van der Waals surface area contributed by atoms with Crippen LogP contribution in [0, 0.1) is 0 Å². The molecule has 22 heavy (non-hydrogen) atoms. The van der Waals surface area contributed by atoms with E-state index in [2.05, 4.69) is 16.1 Å². The van der Waals surface area contributed by atoms with E-state index in [9.17, 15) is 4.79 Å². The van der Waals surface area contributed by atoms with Crippen molar-refractivity contribution in [2.24, 2.45) is 0 Å². The minimum Gasteiger partial charge on any atom is -0.306 e. The molecule has 0 atom stereocenters. The predicted octanol–water partition coefficient (Wildman–Crippen LogP) is 2.47. The summed E-state index contributed by atoms with van der Waals surface area (Å²) >= 11 is 0. The first-order chi connectivity index (χ1) is 10.8. The number of nitrogens with zero attached hydrogens (tertiary/aromatic N) is 4. The monoisotopic (exact) mass is 290 g/mol. The topological polar surface area (TPSA) is 51.0 Å². The van der Waals surface area contributed by atoms with Crippen LogP contribution in [0.2, 0.25) is 0 Å². The van der Waals surface area contributed by atoms with Crippen LogP contribution in [0.15, 0.2) is 61.1 Å². The molecule has 0 radical (unpaired) electrons. The highest BCUT2D eigenvalue weighted by Gasteiger charge is 2.26. The van der Waals surface area contributed by atoms with E-state index in [1.165, 1.54) is 5.56 Å². The highest BCUT2D eigenvalue weighted by molar-refractivity contribution is 6.06. The van der Waals surface area contributed by atoms with E-state index in [1.807, 2.05) is 30.3 Å². The second-order valence-corrected chi connectivity index (χ2v) is 5.19. The highest BCUT2D eigenvalue weighted by Crippen LogP contribution is 2.28. The van der Waals surface area contributed by atoms with E-state index in [0.29, 0.717) is 12.2 Å². The third-order valence-electron chi connectivity index (χ3n) is 3.85. The summed E-state index contributed by atoms with van der Waals surface area (Å²) in [6.07, 6.45) is 6.10. The molecule has 0 saturated carbocycles. The first kappa shape index (κ1) is 12.8. The van der Waals surface area contributed by atoms with E-state index in [1.54, 1.807) is 34.2 Å². The summed E-state index contributed by atoms with van der Waals surface area (Å²) in [5.41, 5.74) is 3.48. The van der Waals surface area contributed by atoms with Crippen LogP contribution in [0.3, 0.4) is 0 Å². The zero-order valence-corrected chi connectivity index (χ0v) is 11.9.